The first-order chi connectivity index (χ1) is 18.4. The Kier molecular flexibility index (Phi) is 14.6. The Balaban J connectivity index is 0.000000418. The highest BCUT2D eigenvalue weighted by molar-refractivity contribution is 7.97. The van der Waals surface area contributed by atoms with Gasteiger partial charge in [0.2, 0.25) is 0 Å². The second kappa shape index (κ2) is 15.9. The standard InChI is InChI=1S/C10H12F6O6S.C9H15FO6S/c11-9(12,13)8(10(14,15)16,23-22-21-19)7(18)20-6-4-2-1-3-5(6)17;1-9(10,17-16-15-13)8(12)14-7-5-3-2-4-6(7)11/h5-6,17,19H,1-4H2;6-7,11,13H,2-5H2,1H3/p-2. The molecule has 0 amide bonds. The first-order valence-corrected chi connectivity index (χ1v) is 12.8. The number of alkyl halides is 7. The van der Waals surface area contributed by atoms with Gasteiger partial charge in [0.25, 0.3) is 5.00 Å². The van der Waals surface area contributed by atoms with Gasteiger partial charge in [-0.3, -0.25) is 10.1 Å². The van der Waals surface area contributed by atoms with E-state index >= 15 is 0 Å². The van der Waals surface area contributed by atoms with E-state index in [1.165, 1.54) is 0 Å². The fraction of sp³-hybridized carbons (Fsp3) is 0.895. The van der Waals surface area contributed by atoms with Gasteiger partial charge in [-0.1, -0.05) is 12.8 Å². The van der Waals surface area contributed by atoms with E-state index in [-0.39, 0.29) is 24.9 Å². The van der Waals surface area contributed by atoms with Crippen LogP contribution in [0.2, 0.25) is 0 Å². The molecule has 2 aliphatic carbocycles. The number of rotatable bonds is 10. The number of carbonyl (C=O) groups excluding carboxylic acids is 2. The van der Waals surface area contributed by atoms with Crippen molar-refractivity contribution in [3.05, 3.63) is 0 Å². The molecule has 0 aromatic carbocycles. The molecule has 0 aromatic rings. The first-order valence-electron chi connectivity index (χ1n) is 11.3. The van der Waals surface area contributed by atoms with Crippen LogP contribution in [0.1, 0.15) is 58.3 Å². The zero-order valence-electron chi connectivity index (χ0n) is 20.4. The van der Waals surface area contributed by atoms with Crippen molar-refractivity contribution in [2.75, 3.05) is 0 Å². The van der Waals surface area contributed by atoms with E-state index < -0.39 is 70.5 Å². The SMILES string of the molecule is CC(F)(SOO[O-])C(=O)OC1CCCCC1O.O=C(OC1CCCCC1O)C(SOO[O-])(C(F)(F)F)C(F)(F)F. The van der Waals surface area contributed by atoms with Crippen LogP contribution in [0.25, 0.3) is 0 Å². The Hall–Kier alpha value is -1.17. The van der Waals surface area contributed by atoms with Crippen molar-refractivity contribution in [1.82, 2.24) is 0 Å². The van der Waals surface area contributed by atoms with E-state index in [2.05, 4.69) is 23.5 Å². The van der Waals surface area contributed by atoms with Gasteiger partial charge in [0.15, 0.2) is 0 Å². The lowest BCUT2D eigenvalue weighted by Crippen LogP contribution is -2.61. The Labute approximate surface area is 230 Å². The van der Waals surface area contributed by atoms with Gasteiger partial charge in [-0.25, -0.2) is 14.0 Å². The average molecular weight is 643 g/mol. The Morgan fingerprint density at radius 1 is 0.700 bits per heavy atom. The van der Waals surface area contributed by atoms with Crippen LogP contribution in [-0.4, -0.2) is 68.7 Å². The Bertz CT molecular complexity index is 788. The quantitative estimate of drug-likeness (QED) is 0.116. The van der Waals surface area contributed by atoms with Crippen molar-refractivity contribution in [2.24, 2.45) is 0 Å². The molecule has 2 N–H and O–H groups in total. The summed E-state index contributed by atoms with van der Waals surface area (Å²) in [6.45, 7) is 0.883. The molecule has 2 saturated carbocycles. The molecule has 5 atom stereocenters. The van der Waals surface area contributed by atoms with Crippen molar-refractivity contribution >= 4 is 36.0 Å². The summed E-state index contributed by atoms with van der Waals surface area (Å²) in [5.41, 5.74) is 0. The number of hydrogen-bond donors (Lipinski definition) is 2. The molecule has 5 unspecified atom stereocenters. The third-order valence-electron chi connectivity index (χ3n) is 5.71. The summed E-state index contributed by atoms with van der Waals surface area (Å²) < 4.78 is 102. The van der Waals surface area contributed by atoms with Crippen LogP contribution >= 0.6 is 24.1 Å². The maximum Gasteiger partial charge on any atom is 0.425 e. The van der Waals surface area contributed by atoms with E-state index in [4.69, 9.17) is 4.74 Å². The lowest BCUT2D eigenvalue weighted by atomic mass is 9.94. The van der Waals surface area contributed by atoms with Crippen LogP contribution in [0.5, 0.6) is 0 Å². The molecule has 21 heteroatoms. The van der Waals surface area contributed by atoms with Crippen LogP contribution < -0.4 is 10.5 Å². The number of aliphatic hydroxyl groups is 2. The molecule has 0 aliphatic heterocycles. The molecule has 0 aromatic heterocycles. The predicted molar refractivity (Wildman–Crippen MR) is 113 cm³/mol. The van der Waals surface area contributed by atoms with Gasteiger partial charge in [-0.2, -0.15) is 35.0 Å². The van der Waals surface area contributed by atoms with Crippen LogP contribution in [0.15, 0.2) is 0 Å². The van der Waals surface area contributed by atoms with Crippen molar-refractivity contribution < 1.29 is 89.3 Å². The third kappa shape index (κ3) is 9.98. The second-order valence-electron chi connectivity index (χ2n) is 8.62. The normalized spacial score (nSPS) is 25.7. The van der Waals surface area contributed by atoms with Gasteiger partial charge in [-0.05, 0) is 45.4 Å². The van der Waals surface area contributed by atoms with Crippen LogP contribution in [0.3, 0.4) is 0 Å². The molecular formula is C19H25F7O12S2-2. The fourth-order valence-electron chi connectivity index (χ4n) is 3.59. The molecular weight excluding hydrogens is 617 g/mol. The number of carbonyl (C=O) groups is 2. The highest BCUT2D eigenvalue weighted by Crippen LogP contribution is 2.53. The lowest BCUT2D eigenvalue weighted by molar-refractivity contribution is -0.777. The number of hydrogen-bond acceptors (Lipinski definition) is 14. The second-order valence-corrected chi connectivity index (χ2v) is 10.6. The molecule has 2 rings (SSSR count). The molecule has 0 radical (unpaired) electrons. The zero-order chi connectivity index (χ0) is 30.8. The van der Waals surface area contributed by atoms with Gasteiger partial charge in [-0.15, -0.1) is 0 Å². The van der Waals surface area contributed by atoms with Crippen LogP contribution in [0, 0.1) is 0 Å². The summed E-state index contributed by atoms with van der Waals surface area (Å²) in [4.78, 5) is 23.1. The summed E-state index contributed by atoms with van der Waals surface area (Å²) >= 11 is -1.64. The number of ether oxygens (including phenoxy) is 2. The van der Waals surface area contributed by atoms with E-state index in [1.807, 2.05) is 0 Å². The monoisotopic (exact) mass is 642 g/mol. The Morgan fingerprint density at radius 3 is 1.45 bits per heavy atom. The topological polar surface area (TPSA) is 176 Å². The maximum atomic E-state index is 13.6. The van der Waals surface area contributed by atoms with E-state index in [0.717, 1.165) is 19.8 Å². The van der Waals surface area contributed by atoms with Crippen molar-refractivity contribution in [3.63, 3.8) is 0 Å². The van der Waals surface area contributed by atoms with E-state index in [1.54, 1.807) is 0 Å². The summed E-state index contributed by atoms with van der Waals surface area (Å²) in [6.07, 6.45) is -13.3. The molecule has 0 spiro atoms. The first kappa shape index (κ1) is 36.9. The van der Waals surface area contributed by atoms with Crippen LogP contribution in [-0.2, 0) is 37.8 Å². The van der Waals surface area contributed by atoms with E-state index in [9.17, 15) is 61.0 Å². The number of halogens is 7. The third-order valence-corrected chi connectivity index (χ3v) is 7.31. The zero-order valence-corrected chi connectivity index (χ0v) is 22.0. The summed E-state index contributed by atoms with van der Waals surface area (Å²) in [7, 11) is 0. The fourth-order valence-corrected chi connectivity index (χ4v) is 4.30. The van der Waals surface area contributed by atoms with Gasteiger partial charge >= 0.3 is 29.0 Å². The van der Waals surface area contributed by atoms with Crippen molar-refractivity contribution in [2.45, 2.75) is 105 Å². The molecule has 0 saturated heterocycles. The molecule has 0 heterocycles. The number of aliphatic hydroxyl groups excluding tert-OH is 2. The van der Waals surface area contributed by atoms with Gasteiger partial charge in [0, 0.05) is 0 Å². The highest BCUT2D eigenvalue weighted by Gasteiger charge is 2.79. The minimum atomic E-state index is -6.20. The highest BCUT2D eigenvalue weighted by atomic mass is 32.2. The molecule has 2 aliphatic rings. The maximum absolute atomic E-state index is 13.6. The van der Waals surface area contributed by atoms with E-state index in [0.29, 0.717) is 25.7 Å². The number of esters is 2. The van der Waals surface area contributed by atoms with Crippen LogP contribution in [0.4, 0.5) is 30.7 Å². The average Bonchev–Trinajstić information content (AvgIpc) is 2.84. The molecule has 0 bridgehead atoms. The molecule has 2 fully saturated rings. The van der Waals surface area contributed by atoms with Crippen molar-refractivity contribution in [3.8, 4) is 0 Å². The lowest BCUT2D eigenvalue weighted by Gasteiger charge is -2.35. The van der Waals surface area contributed by atoms with Crippen molar-refractivity contribution in [1.29, 1.82) is 0 Å². The van der Waals surface area contributed by atoms with Gasteiger partial charge in [0.1, 0.15) is 12.2 Å². The molecule has 40 heavy (non-hydrogen) atoms. The Morgan fingerprint density at radius 2 is 1.07 bits per heavy atom. The minimum Gasteiger partial charge on any atom is -0.691 e. The minimum absolute atomic E-state index is 0.0658. The molecule has 12 nitrogen and oxygen atoms in total. The summed E-state index contributed by atoms with van der Waals surface area (Å²) in [5.74, 6) is -3.95. The summed E-state index contributed by atoms with van der Waals surface area (Å²) in [5, 5.41) is 41.1. The largest absolute Gasteiger partial charge is 0.691 e. The van der Waals surface area contributed by atoms with Gasteiger partial charge < -0.3 is 30.2 Å². The molecule has 236 valence electrons. The predicted octanol–water partition coefficient (Wildman–Crippen LogP) is 1.96. The smallest absolute Gasteiger partial charge is 0.425 e. The summed E-state index contributed by atoms with van der Waals surface area (Å²) in [6, 6.07) is 0. The van der Waals surface area contributed by atoms with Gasteiger partial charge in [0.05, 0.1) is 36.3 Å².